The lowest BCUT2D eigenvalue weighted by atomic mass is 9.96. The number of carbonyl (C=O) groups excluding carboxylic acids is 3. The number of methoxy groups -OCH3 is 1. The first-order valence-electron chi connectivity index (χ1n) is 11.8. The van der Waals surface area contributed by atoms with Crippen LogP contribution in [0.2, 0.25) is 0 Å². The molecule has 9 heteroatoms. The van der Waals surface area contributed by atoms with Crippen molar-refractivity contribution in [3.05, 3.63) is 65.5 Å². The van der Waals surface area contributed by atoms with Gasteiger partial charge in [-0.25, -0.2) is 4.39 Å². The molecule has 0 saturated carbocycles. The molecular formula is C26H30FN3O5. The van der Waals surface area contributed by atoms with Gasteiger partial charge in [0, 0.05) is 43.6 Å². The Labute approximate surface area is 204 Å². The molecule has 0 aromatic heterocycles. The molecule has 3 amide bonds. The van der Waals surface area contributed by atoms with Gasteiger partial charge in [-0.05, 0) is 48.9 Å². The zero-order valence-corrected chi connectivity index (χ0v) is 20.0. The van der Waals surface area contributed by atoms with Crippen molar-refractivity contribution in [1.29, 1.82) is 0 Å². The number of halogens is 1. The third-order valence-corrected chi connectivity index (χ3v) is 6.57. The summed E-state index contributed by atoms with van der Waals surface area (Å²) in [5, 5.41) is 2.85. The summed E-state index contributed by atoms with van der Waals surface area (Å²) < 4.78 is 24.8. The van der Waals surface area contributed by atoms with Crippen molar-refractivity contribution in [3.8, 4) is 5.75 Å². The summed E-state index contributed by atoms with van der Waals surface area (Å²) in [6.07, 6.45) is 1.47. The summed E-state index contributed by atoms with van der Waals surface area (Å²) in [5.74, 6) is -0.665. The van der Waals surface area contributed by atoms with Crippen LogP contribution in [-0.4, -0.2) is 72.6 Å². The topological polar surface area (TPSA) is 88.2 Å². The molecule has 2 fully saturated rings. The molecule has 186 valence electrons. The maximum Gasteiger partial charge on any atom is 0.256 e. The molecule has 2 aromatic rings. The van der Waals surface area contributed by atoms with Crippen LogP contribution in [0, 0.1) is 5.82 Å². The van der Waals surface area contributed by atoms with E-state index in [9.17, 15) is 18.8 Å². The second kappa shape index (κ2) is 10.4. The molecule has 0 radical (unpaired) electrons. The van der Waals surface area contributed by atoms with E-state index in [0.717, 1.165) is 6.42 Å². The Kier molecular flexibility index (Phi) is 7.35. The highest BCUT2D eigenvalue weighted by Gasteiger charge is 2.54. The molecule has 2 heterocycles. The third kappa shape index (κ3) is 5.00. The number of nitrogens with zero attached hydrogens (tertiary/aromatic N) is 2. The van der Waals surface area contributed by atoms with Crippen LogP contribution in [0.15, 0.2) is 48.5 Å². The highest BCUT2D eigenvalue weighted by atomic mass is 19.1. The first-order valence-corrected chi connectivity index (χ1v) is 11.8. The molecule has 1 spiro atoms. The van der Waals surface area contributed by atoms with Gasteiger partial charge in [0.1, 0.15) is 23.3 Å². The number of benzene rings is 2. The lowest BCUT2D eigenvalue weighted by Gasteiger charge is -2.44. The van der Waals surface area contributed by atoms with Crippen LogP contribution in [0.1, 0.15) is 46.9 Å². The van der Waals surface area contributed by atoms with E-state index in [2.05, 4.69) is 5.32 Å². The van der Waals surface area contributed by atoms with E-state index in [1.165, 1.54) is 29.2 Å². The van der Waals surface area contributed by atoms with Gasteiger partial charge in [0.2, 0.25) is 5.91 Å². The van der Waals surface area contributed by atoms with Crippen molar-refractivity contribution in [1.82, 2.24) is 15.1 Å². The molecular weight excluding hydrogens is 453 g/mol. The fraction of sp³-hybridized carbons (Fsp3) is 0.423. The number of hydrogen-bond donors (Lipinski definition) is 1. The van der Waals surface area contributed by atoms with E-state index in [1.54, 1.807) is 36.3 Å². The lowest BCUT2D eigenvalue weighted by Crippen LogP contribution is -2.59. The Hall–Kier alpha value is -3.46. The van der Waals surface area contributed by atoms with E-state index in [-0.39, 0.29) is 24.0 Å². The SMILES string of the molecule is CCCNC(=O)C1COC2(CCN(C(=O)c3cccc(OC)c3)CC2)N1C(=O)c1ccc(F)cc1. The van der Waals surface area contributed by atoms with Crippen molar-refractivity contribution >= 4 is 17.7 Å². The second-order valence-corrected chi connectivity index (χ2v) is 8.77. The lowest BCUT2D eigenvalue weighted by molar-refractivity contribution is -0.128. The van der Waals surface area contributed by atoms with Gasteiger partial charge < -0.3 is 19.7 Å². The van der Waals surface area contributed by atoms with Gasteiger partial charge in [0.05, 0.1) is 13.7 Å². The smallest absolute Gasteiger partial charge is 0.256 e. The predicted octanol–water partition coefficient (Wildman–Crippen LogP) is 2.83. The van der Waals surface area contributed by atoms with Crippen LogP contribution in [0.4, 0.5) is 4.39 Å². The molecule has 2 aliphatic rings. The fourth-order valence-electron chi connectivity index (χ4n) is 4.66. The largest absolute Gasteiger partial charge is 0.497 e. The van der Waals surface area contributed by atoms with E-state index in [0.29, 0.717) is 43.8 Å². The number of rotatable bonds is 6. The van der Waals surface area contributed by atoms with Gasteiger partial charge in [0.25, 0.3) is 11.8 Å². The highest BCUT2D eigenvalue weighted by molar-refractivity contribution is 5.98. The van der Waals surface area contributed by atoms with E-state index in [1.807, 2.05) is 6.92 Å². The first kappa shape index (κ1) is 24.7. The molecule has 2 aliphatic heterocycles. The number of likely N-dealkylation sites (tertiary alicyclic amines) is 1. The van der Waals surface area contributed by atoms with E-state index >= 15 is 0 Å². The molecule has 1 atom stereocenters. The minimum atomic E-state index is -1.02. The Bertz CT molecular complexity index is 1080. The van der Waals surface area contributed by atoms with Crippen LogP contribution >= 0.6 is 0 Å². The average molecular weight is 484 g/mol. The highest BCUT2D eigenvalue weighted by Crippen LogP contribution is 2.39. The zero-order chi connectivity index (χ0) is 25.0. The summed E-state index contributed by atoms with van der Waals surface area (Å²) in [6, 6.07) is 11.4. The number of hydrogen-bond acceptors (Lipinski definition) is 5. The molecule has 0 bridgehead atoms. The van der Waals surface area contributed by atoms with Gasteiger partial charge in [-0.15, -0.1) is 0 Å². The molecule has 2 saturated heterocycles. The fourth-order valence-corrected chi connectivity index (χ4v) is 4.66. The summed E-state index contributed by atoms with van der Waals surface area (Å²) in [4.78, 5) is 42.8. The molecule has 1 unspecified atom stereocenters. The van der Waals surface area contributed by atoms with Crippen molar-refractivity contribution in [2.75, 3.05) is 33.4 Å². The van der Waals surface area contributed by atoms with Gasteiger partial charge in [-0.2, -0.15) is 0 Å². The number of nitrogens with one attached hydrogen (secondary N) is 1. The van der Waals surface area contributed by atoms with Gasteiger partial charge in [-0.3, -0.25) is 19.3 Å². The van der Waals surface area contributed by atoms with E-state index < -0.39 is 23.5 Å². The summed E-state index contributed by atoms with van der Waals surface area (Å²) in [7, 11) is 1.55. The molecule has 4 rings (SSSR count). The van der Waals surface area contributed by atoms with Gasteiger partial charge in [-0.1, -0.05) is 13.0 Å². The Balaban J connectivity index is 1.56. The van der Waals surface area contributed by atoms with Crippen LogP contribution in [-0.2, 0) is 9.53 Å². The number of ether oxygens (including phenoxy) is 2. The van der Waals surface area contributed by atoms with Crippen molar-refractivity contribution in [2.24, 2.45) is 0 Å². The minimum Gasteiger partial charge on any atom is -0.497 e. The number of piperidine rings is 1. The minimum absolute atomic E-state index is 0.0618. The average Bonchev–Trinajstić information content (AvgIpc) is 3.25. The third-order valence-electron chi connectivity index (χ3n) is 6.57. The molecule has 2 aromatic carbocycles. The summed E-state index contributed by atoms with van der Waals surface area (Å²) in [5.41, 5.74) is -0.228. The van der Waals surface area contributed by atoms with Crippen molar-refractivity contribution < 1.29 is 28.2 Å². The normalized spacial score (nSPS) is 19.0. The maximum absolute atomic E-state index is 13.6. The molecule has 0 aliphatic carbocycles. The van der Waals surface area contributed by atoms with Gasteiger partial charge in [0.15, 0.2) is 0 Å². The van der Waals surface area contributed by atoms with Crippen LogP contribution in [0.3, 0.4) is 0 Å². The standard InChI is InChI=1S/C26H30FN3O5/c1-3-13-28-23(31)22-17-35-26(30(22)25(33)18-7-9-20(27)10-8-18)11-14-29(15-12-26)24(32)19-5-4-6-21(16-19)34-2/h4-10,16,22H,3,11-15,17H2,1-2H3,(H,28,31). The quantitative estimate of drug-likeness (QED) is 0.683. The van der Waals surface area contributed by atoms with Crippen LogP contribution < -0.4 is 10.1 Å². The molecule has 8 nitrogen and oxygen atoms in total. The van der Waals surface area contributed by atoms with Crippen LogP contribution in [0.25, 0.3) is 0 Å². The number of amides is 3. The predicted molar refractivity (Wildman–Crippen MR) is 126 cm³/mol. The van der Waals surface area contributed by atoms with E-state index in [4.69, 9.17) is 9.47 Å². The summed E-state index contributed by atoms with van der Waals surface area (Å²) in [6.45, 7) is 3.21. The monoisotopic (exact) mass is 483 g/mol. The number of carbonyl (C=O) groups is 3. The van der Waals surface area contributed by atoms with Crippen molar-refractivity contribution in [3.63, 3.8) is 0 Å². The summed E-state index contributed by atoms with van der Waals surface area (Å²) >= 11 is 0. The Morgan fingerprint density at radius 2 is 1.80 bits per heavy atom. The second-order valence-electron chi connectivity index (χ2n) is 8.77. The Morgan fingerprint density at radius 3 is 2.46 bits per heavy atom. The molecule has 1 N–H and O–H groups in total. The van der Waals surface area contributed by atoms with Crippen LogP contribution in [0.5, 0.6) is 5.75 Å². The Morgan fingerprint density at radius 1 is 1.09 bits per heavy atom. The zero-order valence-electron chi connectivity index (χ0n) is 20.0. The first-order chi connectivity index (χ1) is 16.9. The van der Waals surface area contributed by atoms with Crippen molar-refractivity contribution in [2.45, 2.75) is 38.0 Å². The molecule has 35 heavy (non-hydrogen) atoms. The van der Waals surface area contributed by atoms with Gasteiger partial charge >= 0.3 is 0 Å². The maximum atomic E-state index is 13.6.